The van der Waals surface area contributed by atoms with Gasteiger partial charge in [0.15, 0.2) is 0 Å². The Labute approximate surface area is 215 Å². The first-order valence-electron chi connectivity index (χ1n) is 12.0. The van der Waals surface area contributed by atoms with E-state index in [4.69, 9.17) is 16.3 Å². The van der Waals surface area contributed by atoms with Gasteiger partial charge in [-0.15, -0.1) is 0 Å². The topological polar surface area (TPSA) is 74.4 Å². The van der Waals surface area contributed by atoms with Gasteiger partial charge in [0.25, 0.3) is 5.91 Å². The number of hydrogen-bond acceptors (Lipinski definition) is 4. The number of esters is 1. The first-order chi connectivity index (χ1) is 17.4. The minimum Gasteiger partial charge on any atom is -0.468 e. The van der Waals surface area contributed by atoms with E-state index in [1.807, 2.05) is 61.5 Å². The van der Waals surface area contributed by atoms with E-state index in [1.54, 1.807) is 6.07 Å². The largest absolute Gasteiger partial charge is 0.468 e. The number of aromatic amines is 1. The van der Waals surface area contributed by atoms with Crippen molar-refractivity contribution in [1.82, 2.24) is 15.2 Å². The van der Waals surface area contributed by atoms with Crippen LogP contribution in [0.2, 0.25) is 5.02 Å². The number of H-pyrrole nitrogens is 1. The Hall–Kier alpha value is -3.61. The summed E-state index contributed by atoms with van der Waals surface area (Å²) in [5.74, 6) is -0.503. The quantitative estimate of drug-likeness (QED) is 0.350. The fourth-order valence-corrected chi connectivity index (χ4v) is 5.28. The molecular formula is C29H28ClN3O3. The SMILES string of the molecule is COC(=O)[C@@H]1C[C@H](NC(=O)c2[nH]c3ccc(Cl)cc3c2-c2ccccc2)CN1Cc1cccc(C)c1. The highest BCUT2D eigenvalue weighted by Crippen LogP contribution is 2.34. The highest BCUT2D eigenvalue weighted by Gasteiger charge is 2.38. The molecule has 2 atom stereocenters. The molecule has 2 N–H and O–H groups in total. The third kappa shape index (κ3) is 4.87. The van der Waals surface area contributed by atoms with E-state index in [2.05, 4.69) is 27.3 Å². The first kappa shape index (κ1) is 24.1. The molecule has 0 spiro atoms. The molecule has 1 fully saturated rings. The number of methoxy groups -OCH3 is 1. The van der Waals surface area contributed by atoms with Gasteiger partial charge in [0, 0.05) is 40.6 Å². The number of likely N-dealkylation sites (tertiary alicyclic amines) is 1. The predicted octanol–water partition coefficient (Wildman–Crippen LogP) is 5.34. The van der Waals surface area contributed by atoms with Crippen LogP contribution in [0.4, 0.5) is 0 Å². The fourth-order valence-electron chi connectivity index (χ4n) is 5.11. The average molecular weight is 502 g/mol. The minimum absolute atomic E-state index is 0.204. The van der Waals surface area contributed by atoms with Crippen molar-refractivity contribution in [2.75, 3.05) is 13.7 Å². The molecule has 1 saturated heterocycles. The van der Waals surface area contributed by atoms with E-state index in [1.165, 1.54) is 12.7 Å². The molecule has 3 aromatic carbocycles. The molecule has 1 amide bonds. The molecule has 0 aliphatic carbocycles. The lowest BCUT2D eigenvalue weighted by Gasteiger charge is -2.22. The number of halogens is 1. The molecule has 2 heterocycles. The number of amides is 1. The number of benzene rings is 3. The fraction of sp³-hybridized carbons (Fsp3) is 0.241. The van der Waals surface area contributed by atoms with Crippen LogP contribution in [-0.4, -0.2) is 47.5 Å². The van der Waals surface area contributed by atoms with Gasteiger partial charge in [0.1, 0.15) is 11.7 Å². The summed E-state index contributed by atoms with van der Waals surface area (Å²) in [7, 11) is 1.40. The van der Waals surface area contributed by atoms with Crippen molar-refractivity contribution in [3.05, 3.63) is 94.6 Å². The summed E-state index contributed by atoms with van der Waals surface area (Å²) in [6, 6.07) is 23.0. The zero-order valence-corrected chi connectivity index (χ0v) is 21.0. The summed E-state index contributed by atoms with van der Waals surface area (Å²) < 4.78 is 5.08. The maximum atomic E-state index is 13.6. The Balaban J connectivity index is 1.42. The predicted molar refractivity (Wildman–Crippen MR) is 142 cm³/mol. The van der Waals surface area contributed by atoms with Crippen molar-refractivity contribution in [3.8, 4) is 11.1 Å². The Morgan fingerprint density at radius 2 is 1.89 bits per heavy atom. The number of aromatic nitrogens is 1. The van der Waals surface area contributed by atoms with Gasteiger partial charge in [-0.3, -0.25) is 14.5 Å². The standard InChI is InChI=1S/C29H28ClN3O3/c1-18-7-6-8-19(13-18)16-33-17-22(15-25(33)29(35)36-2)31-28(34)27-26(20-9-4-3-5-10-20)23-14-21(30)11-12-24(23)32-27/h3-14,22,25,32H,15-17H2,1-2H3,(H,31,34)/t22-,25-/m0/s1. The Kier molecular flexibility index (Phi) is 6.81. The lowest BCUT2D eigenvalue weighted by atomic mass is 10.0. The van der Waals surface area contributed by atoms with Crippen LogP contribution in [0.5, 0.6) is 0 Å². The molecular weight excluding hydrogens is 474 g/mol. The van der Waals surface area contributed by atoms with Gasteiger partial charge in [-0.2, -0.15) is 0 Å². The van der Waals surface area contributed by atoms with Crippen LogP contribution in [-0.2, 0) is 16.1 Å². The summed E-state index contributed by atoms with van der Waals surface area (Å²) in [6.07, 6.45) is 0.483. The van der Waals surface area contributed by atoms with Crippen LogP contribution in [0.3, 0.4) is 0 Å². The highest BCUT2D eigenvalue weighted by molar-refractivity contribution is 6.31. The maximum Gasteiger partial charge on any atom is 0.323 e. The molecule has 4 aromatic rings. The van der Waals surface area contributed by atoms with Gasteiger partial charge in [-0.05, 0) is 42.7 Å². The molecule has 1 aliphatic rings. The van der Waals surface area contributed by atoms with Crippen molar-refractivity contribution in [2.45, 2.75) is 32.0 Å². The zero-order chi connectivity index (χ0) is 25.2. The lowest BCUT2D eigenvalue weighted by Crippen LogP contribution is -2.38. The highest BCUT2D eigenvalue weighted by atomic mass is 35.5. The Morgan fingerprint density at radius 1 is 1.08 bits per heavy atom. The number of hydrogen-bond donors (Lipinski definition) is 2. The molecule has 1 aromatic heterocycles. The summed E-state index contributed by atoms with van der Waals surface area (Å²) in [5, 5.41) is 4.66. The molecule has 36 heavy (non-hydrogen) atoms. The van der Waals surface area contributed by atoms with E-state index in [0.717, 1.165) is 27.6 Å². The molecule has 0 radical (unpaired) electrons. The molecule has 0 saturated carbocycles. The lowest BCUT2D eigenvalue weighted by molar-refractivity contribution is -0.146. The van der Waals surface area contributed by atoms with Crippen molar-refractivity contribution in [3.63, 3.8) is 0 Å². The second kappa shape index (κ2) is 10.2. The monoisotopic (exact) mass is 501 g/mol. The number of rotatable bonds is 6. The van der Waals surface area contributed by atoms with Crippen molar-refractivity contribution >= 4 is 34.4 Å². The van der Waals surface area contributed by atoms with Gasteiger partial charge >= 0.3 is 5.97 Å². The molecule has 1 aliphatic heterocycles. The summed E-state index contributed by atoms with van der Waals surface area (Å²) in [5.41, 5.74) is 5.34. The first-order valence-corrected chi connectivity index (χ1v) is 12.4. The van der Waals surface area contributed by atoms with E-state index in [9.17, 15) is 9.59 Å². The normalized spacial score (nSPS) is 17.9. The van der Waals surface area contributed by atoms with E-state index in [-0.39, 0.29) is 17.9 Å². The Morgan fingerprint density at radius 3 is 2.64 bits per heavy atom. The molecule has 7 heteroatoms. The van der Waals surface area contributed by atoms with Crippen LogP contribution in [0.1, 0.15) is 28.0 Å². The summed E-state index contributed by atoms with van der Waals surface area (Å²) in [6.45, 7) is 3.20. The summed E-state index contributed by atoms with van der Waals surface area (Å²) in [4.78, 5) is 31.5. The zero-order valence-electron chi connectivity index (χ0n) is 20.3. The smallest absolute Gasteiger partial charge is 0.323 e. The van der Waals surface area contributed by atoms with Gasteiger partial charge in [-0.25, -0.2) is 0 Å². The average Bonchev–Trinajstić information content (AvgIpc) is 3.45. The van der Waals surface area contributed by atoms with Gasteiger partial charge < -0.3 is 15.0 Å². The number of fused-ring (bicyclic) bond motifs is 1. The van der Waals surface area contributed by atoms with E-state index in [0.29, 0.717) is 30.2 Å². The van der Waals surface area contributed by atoms with Gasteiger partial charge in [0.2, 0.25) is 0 Å². The van der Waals surface area contributed by atoms with Crippen LogP contribution in [0.15, 0.2) is 72.8 Å². The van der Waals surface area contributed by atoms with E-state index < -0.39 is 6.04 Å². The Bertz CT molecular complexity index is 1420. The third-order valence-corrected chi connectivity index (χ3v) is 6.97. The molecule has 5 rings (SSSR count). The number of nitrogens with one attached hydrogen (secondary N) is 2. The summed E-state index contributed by atoms with van der Waals surface area (Å²) >= 11 is 6.29. The molecule has 184 valence electrons. The maximum absolute atomic E-state index is 13.6. The van der Waals surface area contributed by atoms with Crippen LogP contribution in [0, 0.1) is 6.92 Å². The molecule has 0 bridgehead atoms. The third-order valence-electron chi connectivity index (χ3n) is 6.73. The molecule has 0 unspecified atom stereocenters. The van der Waals surface area contributed by atoms with E-state index >= 15 is 0 Å². The van der Waals surface area contributed by atoms with Crippen molar-refractivity contribution < 1.29 is 14.3 Å². The second-order valence-electron chi connectivity index (χ2n) is 9.29. The second-order valence-corrected chi connectivity index (χ2v) is 9.73. The van der Waals surface area contributed by atoms with Crippen LogP contribution in [0.25, 0.3) is 22.0 Å². The number of nitrogens with zero attached hydrogens (tertiary/aromatic N) is 1. The number of carbonyl (C=O) groups excluding carboxylic acids is 2. The number of carbonyl (C=O) groups is 2. The molecule has 6 nitrogen and oxygen atoms in total. The number of ether oxygens (including phenoxy) is 1. The number of aryl methyl sites for hydroxylation is 1. The minimum atomic E-state index is -0.420. The van der Waals surface area contributed by atoms with Crippen LogP contribution < -0.4 is 5.32 Å². The van der Waals surface area contributed by atoms with Gasteiger partial charge in [0.05, 0.1) is 7.11 Å². The van der Waals surface area contributed by atoms with Gasteiger partial charge in [-0.1, -0.05) is 71.8 Å². The van der Waals surface area contributed by atoms with Crippen molar-refractivity contribution in [1.29, 1.82) is 0 Å². The van der Waals surface area contributed by atoms with Crippen molar-refractivity contribution in [2.24, 2.45) is 0 Å². The van der Waals surface area contributed by atoms with Crippen LogP contribution >= 0.6 is 11.6 Å².